The first-order valence-corrected chi connectivity index (χ1v) is 7.74. The second kappa shape index (κ2) is 7.77. The molecular weight excluding hydrogens is 282 g/mol. The van der Waals surface area contributed by atoms with E-state index in [9.17, 15) is 9.59 Å². The number of nitrogens with zero attached hydrogens (tertiary/aromatic N) is 1. The van der Waals surface area contributed by atoms with Gasteiger partial charge in [0.15, 0.2) is 0 Å². The van der Waals surface area contributed by atoms with Gasteiger partial charge in [-0.15, -0.1) is 0 Å². The Labute approximate surface area is 130 Å². The van der Waals surface area contributed by atoms with Gasteiger partial charge in [0.2, 0.25) is 0 Å². The van der Waals surface area contributed by atoms with Crippen LogP contribution in [0.5, 0.6) is 0 Å². The van der Waals surface area contributed by atoms with E-state index in [1.54, 1.807) is 6.20 Å². The number of amides is 2. The molecule has 6 heteroatoms. The lowest BCUT2D eigenvalue weighted by molar-refractivity contribution is -0.142. The zero-order valence-corrected chi connectivity index (χ0v) is 12.8. The van der Waals surface area contributed by atoms with Crippen LogP contribution >= 0.6 is 0 Å². The molecule has 0 saturated heterocycles. The van der Waals surface area contributed by atoms with Gasteiger partial charge in [0, 0.05) is 30.9 Å². The van der Waals surface area contributed by atoms with E-state index in [2.05, 4.69) is 15.6 Å². The van der Waals surface area contributed by atoms with Crippen LogP contribution in [-0.2, 0) is 11.2 Å². The molecule has 0 unspecified atom stereocenters. The zero-order valence-electron chi connectivity index (χ0n) is 12.8. The summed E-state index contributed by atoms with van der Waals surface area (Å²) in [6.45, 7) is 2.54. The summed E-state index contributed by atoms with van der Waals surface area (Å²) in [5.74, 6) is -0.984. The molecule has 1 aromatic heterocycles. The number of aliphatic carboxylic acids is 1. The van der Waals surface area contributed by atoms with Gasteiger partial charge in [-0.05, 0) is 44.2 Å². The van der Waals surface area contributed by atoms with Crippen molar-refractivity contribution in [2.24, 2.45) is 5.92 Å². The number of aryl methyl sites for hydroxylation is 1. The van der Waals surface area contributed by atoms with Crippen LogP contribution in [0.3, 0.4) is 0 Å². The fraction of sp³-hybridized carbons (Fsp3) is 0.562. The highest BCUT2D eigenvalue weighted by Gasteiger charge is 2.26. The molecule has 22 heavy (non-hydrogen) atoms. The maximum atomic E-state index is 11.8. The molecule has 0 atom stereocenters. The molecule has 1 aromatic rings. The van der Waals surface area contributed by atoms with Crippen LogP contribution in [0.4, 0.5) is 4.79 Å². The van der Waals surface area contributed by atoms with Gasteiger partial charge in [0.1, 0.15) is 0 Å². The molecule has 1 aliphatic carbocycles. The van der Waals surface area contributed by atoms with E-state index in [1.165, 1.54) is 0 Å². The summed E-state index contributed by atoms with van der Waals surface area (Å²) < 4.78 is 0. The van der Waals surface area contributed by atoms with Crippen LogP contribution in [0, 0.1) is 12.8 Å². The number of hydrogen-bond donors (Lipinski definition) is 3. The number of pyridine rings is 1. The van der Waals surface area contributed by atoms with Gasteiger partial charge in [-0.2, -0.15) is 0 Å². The monoisotopic (exact) mass is 305 g/mol. The fourth-order valence-corrected chi connectivity index (χ4v) is 2.80. The molecule has 0 bridgehead atoms. The first kappa shape index (κ1) is 16.3. The molecule has 1 aliphatic rings. The van der Waals surface area contributed by atoms with Gasteiger partial charge in [-0.1, -0.05) is 6.07 Å². The average molecular weight is 305 g/mol. The summed E-state index contributed by atoms with van der Waals surface area (Å²) in [4.78, 5) is 27.0. The number of carboxylic acids is 1. The molecule has 1 fully saturated rings. The third-order valence-electron chi connectivity index (χ3n) is 4.18. The van der Waals surface area contributed by atoms with Crippen molar-refractivity contribution >= 4 is 12.0 Å². The molecule has 120 valence electrons. The summed E-state index contributed by atoms with van der Waals surface area (Å²) in [7, 11) is 0. The molecule has 2 amide bonds. The number of carboxylic acid groups (broad SMARTS) is 1. The topological polar surface area (TPSA) is 91.3 Å². The average Bonchev–Trinajstić information content (AvgIpc) is 2.50. The van der Waals surface area contributed by atoms with Crippen LogP contribution in [0.15, 0.2) is 18.3 Å². The largest absolute Gasteiger partial charge is 0.481 e. The molecule has 0 aliphatic heterocycles. The van der Waals surface area contributed by atoms with Crippen molar-refractivity contribution in [3.63, 3.8) is 0 Å². The van der Waals surface area contributed by atoms with Crippen molar-refractivity contribution in [2.75, 3.05) is 6.54 Å². The summed E-state index contributed by atoms with van der Waals surface area (Å²) in [5.41, 5.74) is 2.11. The lowest BCUT2D eigenvalue weighted by Gasteiger charge is -2.26. The summed E-state index contributed by atoms with van der Waals surface area (Å²) >= 11 is 0. The van der Waals surface area contributed by atoms with Crippen molar-refractivity contribution in [3.05, 3.63) is 29.6 Å². The van der Waals surface area contributed by atoms with Crippen LogP contribution in [0.2, 0.25) is 0 Å². The van der Waals surface area contributed by atoms with Gasteiger partial charge in [-0.3, -0.25) is 9.78 Å². The molecule has 2 rings (SSSR count). The van der Waals surface area contributed by atoms with E-state index in [-0.39, 0.29) is 18.0 Å². The number of carbonyl (C=O) groups excluding carboxylic acids is 1. The van der Waals surface area contributed by atoms with Gasteiger partial charge in [0.05, 0.1) is 5.92 Å². The maximum absolute atomic E-state index is 11.8. The third kappa shape index (κ3) is 4.72. The Bertz CT molecular complexity index is 525. The van der Waals surface area contributed by atoms with Crippen LogP contribution in [-0.4, -0.2) is 34.7 Å². The normalized spacial score (nSPS) is 21.1. The van der Waals surface area contributed by atoms with Crippen LogP contribution in [0.25, 0.3) is 0 Å². The number of hydrogen-bond acceptors (Lipinski definition) is 3. The molecule has 0 spiro atoms. The standard InChI is InChI=1S/C16H23N3O3/c1-11-3-2-9-17-14(11)8-10-18-16(22)19-13-6-4-12(5-7-13)15(20)21/h2-3,9,12-13H,4-8,10H2,1H3,(H,20,21)(H2,18,19,22). The minimum atomic E-state index is -0.728. The minimum Gasteiger partial charge on any atom is -0.481 e. The molecule has 1 saturated carbocycles. The minimum absolute atomic E-state index is 0.0761. The van der Waals surface area contributed by atoms with Gasteiger partial charge in [-0.25, -0.2) is 4.79 Å². The molecule has 3 N–H and O–H groups in total. The van der Waals surface area contributed by atoms with Gasteiger partial charge in [0.25, 0.3) is 0 Å². The highest BCUT2D eigenvalue weighted by molar-refractivity contribution is 5.74. The number of aromatic nitrogens is 1. The van der Waals surface area contributed by atoms with Gasteiger partial charge < -0.3 is 15.7 Å². The quantitative estimate of drug-likeness (QED) is 0.774. The van der Waals surface area contributed by atoms with Crippen molar-refractivity contribution in [2.45, 2.75) is 45.1 Å². The van der Waals surface area contributed by atoms with Crippen molar-refractivity contribution in [3.8, 4) is 0 Å². The number of carbonyl (C=O) groups is 2. The van der Waals surface area contributed by atoms with E-state index < -0.39 is 5.97 Å². The Morgan fingerprint density at radius 1 is 1.32 bits per heavy atom. The lowest BCUT2D eigenvalue weighted by Crippen LogP contribution is -2.44. The Morgan fingerprint density at radius 2 is 2.05 bits per heavy atom. The van der Waals surface area contributed by atoms with Gasteiger partial charge >= 0.3 is 12.0 Å². The number of nitrogens with one attached hydrogen (secondary N) is 2. The first-order chi connectivity index (χ1) is 10.6. The molecule has 0 radical (unpaired) electrons. The Balaban J connectivity index is 1.66. The van der Waals surface area contributed by atoms with E-state index in [4.69, 9.17) is 5.11 Å². The third-order valence-corrected chi connectivity index (χ3v) is 4.18. The van der Waals surface area contributed by atoms with E-state index >= 15 is 0 Å². The fourth-order valence-electron chi connectivity index (χ4n) is 2.80. The highest BCUT2D eigenvalue weighted by atomic mass is 16.4. The molecule has 6 nitrogen and oxygen atoms in total. The SMILES string of the molecule is Cc1cccnc1CCNC(=O)NC1CCC(C(=O)O)CC1. The first-order valence-electron chi connectivity index (χ1n) is 7.74. The Hall–Kier alpha value is -2.11. The van der Waals surface area contributed by atoms with Crippen LogP contribution < -0.4 is 10.6 Å². The lowest BCUT2D eigenvalue weighted by atomic mass is 9.86. The summed E-state index contributed by atoms with van der Waals surface area (Å²) in [6, 6.07) is 3.79. The smallest absolute Gasteiger partial charge is 0.315 e. The molecular formula is C16H23N3O3. The second-order valence-electron chi connectivity index (χ2n) is 5.80. The Morgan fingerprint density at radius 3 is 2.68 bits per heavy atom. The van der Waals surface area contributed by atoms with E-state index in [0.717, 1.165) is 24.1 Å². The second-order valence-corrected chi connectivity index (χ2v) is 5.80. The predicted octanol–water partition coefficient (Wildman–Crippen LogP) is 1.88. The van der Waals surface area contributed by atoms with Crippen molar-refractivity contribution < 1.29 is 14.7 Å². The number of rotatable bonds is 5. The summed E-state index contributed by atoms with van der Waals surface area (Å²) in [6.07, 6.45) is 5.17. The van der Waals surface area contributed by atoms with Crippen LogP contribution in [0.1, 0.15) is 36.9 Å². The zero-order chi connectivity index (χ0) is 15.9. The van der Waals surface area contributed by atoms with Crippen molar-refractivity contribution in [1.29, 1.82) is 0 Å². The molecule has 1 heterocycles. The summed E-state index contributed by atoms with van der Waals surface area (Å²) in [5, 5.41) is 14.7. The predicted molar refractivity (Wildman–Crippen MR) is 82.6 cm³/mol. The Kier molecular flexibility index (Phi) is 5.75. The van der Waals surface area contributed by atoms with E-state index in [0.29, 0.717) is 25.8 Å². The highest BCUT2D eigenvalue weighted by Crippen LogP contribution is 2.24. The van der Waals surface area contributed by atoms with Crippen molar-refractivity contribution in [1.82, 2.24) is 15.6 Å². The maximum Gasteiger partial charge on any atom is 0.315 e. The van der Waals surface area contributed by atoms with E-state index in [1.807, 2.05) is 19.1 Å². The molecule has 0 aromatic carbocycles. The number of urea groups is 1.